The Bertz CT molecular complexity index is 1250. The van der Waals surface area contributed by atoms with Crippen LogP contribution in [0.25, 0.3) is 11.3 Å². The third-order valence-corrected chi connectivity index (χ3v) is 5.71. The van der Waals surface area contributed by atoms with Crippen LogP contribution < -0.4 is 0 Å². The summed E-state index contributed by atoms with van der Waals surface area (Å²) in [5, 5.41) is 18.5. The van der Waals surface area contributed by atoms with E-state index in [4.69, 9.17) is 0 Å². The molecule has 1 aliphatic heterocycles. The standard InChI is InChI=1S/C23H20N6O3/c30-23-21-19(20(25-26-21)16-5-2-1-3-6-16)22(17-7-9-18(10-8-17)29(31)32)28(23)13-4-12-27-14-11-24-15-27/h1-3,5-11,14-15,22H,4,12-13H2,(H,25,26). The van der Waals surface area contributed by atoms with E-state index in [-0.39, 0.29) is 17.6 Å². The number of rotatable bonds is 7. The van der Waals surface area contributed by atoms with E-state index in [9.17, 15) is 14.9 Å². The largest absolute Gasteiger partial charge is 0.337 e. The molecule has 0 fully saturated rings. The maximum Gasteiger partial charge on any atom is 0.273 e. The molecule has 3 heterocycles. The molecule has 2 aromatic carbocycles. The maximum absolute atomic E-state index is 13.3. The lowest BCUT2D eigenvalue weighted by molar-refractivity contribution is -0.384. The molecule has 4 aromatic rings. The molecule has 160 valence electrons. The minimum absolute atomic E-state index is 0.0143. The van der Waals surface area contributed by atoms with Crippen molar-refractivity contribution in [2.45, 2.75) is 19.0 Å². The highest BCUT2D eigenvalue weighted by Gasteiger charge is 2.41. The van der Waals surface area contributed by atoms with Crippen molar-refractivity contribution < 1.29 is 9.72 Å². The van der Waals surface area contributed by atoms with E-state index >= 15 is 0 Å². The second-order valence-electron chi connectivity index (χ2n) is 7.63. The van der Waals surface area contributed by atoms with Crippen LogP contribution >= 0.6 is 0 Å². The molecule has 0 radical (unpaired) electrons. The van der Waals surface area contributed by atoms with Gasteiger partial charge in [0.15, 0.2) is 0 Å². The molecule has 1 amide bonds. The number of carbonyl (C=O) groups excluding carboxylic acids is 1. The minimum atomic E-state index is -0.425. The second-order valence-corrected chi connectivity index (χ2v) is 7.63. The van der Waals surface area contributed by atoms with E-state index < -0.39 is 4.92 Å². The van der Waals surface area contributed by atoms with Crippen LogP contribution in [0.1, 0.15) is 34.1 Å². The van der Waals surface area contributed by atoms with Gasteiger partial charge in [0.1, 0.15) is 5.69 Å². The molecule has 9 heteroatoms. The highest BCUT2D eigenvalue weighted by atomic mass is 16.6. The van der Waals surface area contributed by atoms with E-state index in [1.165, 1.54) is 12.1 Å². The summed E-state index contributed by atoms with van der Waals surface area (Å²) in [5.41, 5.74) is 3.72. The lowest BCUT2D eigenvalue weighted by atomic mass is 9.96. The molecular formula is C23H20N6O3. The molecule has 0 bridgehead atoms. The molecular weight excluding hydrogens is 408 g/mol. The Morgan fingerprint density at radius 3 is 2.53 bits per heavy atom. The summed E-state index contributed by atoms with van der Waals surface area (Å²) in [6.07, 6.45) is 6.10. The summed E-state index contributed by atoms with van der Waals surface area (Å²) in [7, 11) is 0. The van der Waals surface area contributed by atoms with Gasteiger partial charge in [0, 0.05) is 48.7 Å². The van der Waals surface area contributed by atoms with Crippen molar-refractivity contribution in [2.75, 3.05) is 6.54 Å². The lowest BCUT2D eigenvalue weighted by Gasteiger charge is -2.26. The topological polar surface area (TPSA) is 110 Å². The van der Waals surface area contributed by atoms with Gasteiger partial charge in [-0.2, -0.15) is 5.10 Å². The third-order valence-electron chi connectivity index (χ3n) is 5.71. The third kappa shape index (κ3) is 3.43. The molecule has 0 saturated carbocycles. The molecule has 1 atom stereocenters. The molecule has 32 heavy (non-hydrogen) atoms. The fourth-order valence-electron chi connectivity index (χ4n) is 4.21. The van der Waals surface area contributed by atoms with Crippen LogP contribution in [0.5, 0.6) is 0 Å². The van der Waals surface area contributed by atoms with Gasteiger partial charge in [-0.05, 0) is 24.1 Å². The number of nitrogens with zero attached hydrogens (tertiary/aromatic N) is 5. The Hall–Kier alpha value is -4.27. The van der Waals surface area contributed by atoms with Crippen LogP contribution in [-0.4, -0.2) is 42.0 Å². The fourth-order valence-corrected chi connectivity index (χ4v) is 4.21. The van der Waals surface area contributed by atoms with Crippen molar-refractivity contribution in [3.63, 3.8) is 0 Å². The van der Waals surface area contributed by atoms with Crippen molar-refractivity contribution in [1.82, 2.24) is 24.6 Å². The summed E-state index contributed by atoms with van der Waals surface area (Å²) >= 11 is 0. The summed E-state index contributed by atoms with van der Waals surface area (Å²) in [6, 6.07) is 15.7. The molecule has 0 aliphatic carbocycles. The van der Waals surface area contributed by atoms with E-state index in [0.29, 0.717) is 12.2 Å². The molecule has 1 unspecified atom stereocenters. The van der Waals surface area contributed by atoms with Gasteiger partial charge in [-0.25, -0.2) is 4.98 Å². The molecule has 0 saturated heterocycles. The van der Waals surface area contributed by atoms with Gasteiger partial charge in [0.05, 0.1) is 23.0 Å². The number of aryl methyl sites for hydroxylation is 1. The zero-order chi connectivity index (χ0) is 22.1. The molecule has 9 nitrogen and oxygen atoms in total. The minimum Gasteiger partial charge on any atom is -0.337 e. The Morgan fingerprint density at radius 2 is 1.84 bits per heavy atom. The van der Waals surface area contributed by atoms with Gasteiger partial charge in [-0.1, -0.05) is 30.3 Å². The number of nitro groups is 1. The van der Waals surface area contributed by atoms with Crippen LogP contribution in [0.15, 0.2) is 73.3 Å². The average molecular weight is 428 g/mol. The van der Waals surface area contributed by atoms with Crippen molar-refractivity contribution >= 4 is 11.6 Å². The number of nitrogens with one attached hydrogen (secondary N) is 1. The van der Waals surface area contributed by atoms with Gasteiger partial charge in [-0.15, -0.1) is 0 Å². The van der Waals surface area contributed by atoms with Gasteiger partial charge in [0.2, 0.25) is 0 Å². The first-order valence-electron chi connectivity index (χ1n) is 10.3. The maximum atomic E-state index is 13.3. The predicted molar refractivity (Wildman–Crippen MR) is 117 cm³/mol. The van der Waals surface area contributed by atoms with Crippen molar-refractivity contribution in [2.24, 2.45) is 0 Å². The molecule has 0 spiro atoms. The molecule has 2 aromatic heterocycles. The van der Waals surface area contributed by atoms with E-state index in [1.54, 1.807) is 24.7 Å². The second kappa shape index (κ2) is 8.10. The molecule has 1 aliphatic rings. The Morgan fingerprint density at radius 1 is 1.06 bits per heavy atom. The van der Waals surface area contributed by atoms with Gasteiger partial charge >= 0.3 is 0 Å². The van der Waals surface area contributed by atoms with Crippen LogP contribution in [0.2, 0.25) is 0 Å². The van der Waals surface area contributed by atoms with Crippen LogP contribution in [0, 0.1) is 10.1 Å². The fraction of sp³-hybridized carbons (Fsp3) is 0.174. The Kier molecular flexibility index (Phi) is 4.98. The monoisotopic (exact) mass is 428 g/mol. The summed E-state index contributed by atoms with van der Waals surface area (Å²) in [4.78, 5) is 29.9. The number of hydrogen-bond acceptors (Lipinski definition) is 5. The Labute approximate surface area is 183 Å². The van der Waals surface area contributed by atoms with Crippen LogP contribution in [0.3, 0.4) is 0 Å². The number of imidazole rings is 1. The van der Waals surface area contributed by atoms with Crippen molar-refractivity contribution in [1.29, 1.82) is 0 Å². The quantitative estimate of drug-likeness (QED) is 0.355. The number of non-ortho nitro benzene ring substituents is 1. The Balaban J connectivity index is 1.53. The number of aromatic nitrogens is 4. The average Bonchev–Trinajstić information content (AvgIpc) is 3.54. The summed E-state index contributed by atoms with van der Waals surface area (Å²) < 4.78 is 1.97. The normalized spacial score (nSPS) is 15.2. The van der Waals surface area contributed by atoms with Gasteiger partial charge in [0.25, 0.3) is 11.6 Å². The first-order valence-corrected chi connectivity index (χ1v) is 10.3. The SMILES string of the molecule is O=C1c2[nH]nc(-c3ccccc3)c2C(c2ccc([N+](=O)[O-])cc2)N1CCCn1ccnc1. The van der Waals surface area contributed by atoms with E-state index in [1.807, 2.05) is 46.0 Å². The lowest BCUT2D eigenvalue weighted by Crippen LogP contribution is -2.31. The van der Waals surface area contributed by atoms with Crippen LogP contribution in [0.4, 0.5) is 5.69 Å². The number of amides is 1. The number of carbonyl (C=O) groups is 1. The molecule has 1 N–H and O–H groups in total. The zero-order valence-corrected chi connectivity index (χ0v) is 17.1. The van der Waals surface area contributed by atoms with Gasteiger partial charge in [-0.3, -0.25) is 20.0 Å². The summed E-state index contributed by atoms with van der Waals surface area (Å²) in [5.74, 6) is -0.122. The molecule has 5 rings (SSSR count). The van der Waals surface area contributed by atoms with Crippen LogP contribution in [-0.2, 0) is 6.54 Å². The zero-order valence-electron chi connectivity index (χ0n) is 17.1. The first kappa shape index (κ1) is 19.7. The number of hydrogen-bond donors (Lipinski definition) is 1. The first-order chi connectivity index (χ1) is 15.6. The van der Waals surface area contributed by atoms with Crippen molar-refractivity contribution in [3.8, 4) is 11.3 Å². The van der Waals surface area contributed by atoms with Crippen molar-refractivity contribution in [3.05, 3.63) is 100 Å². The number of nitro benzene ring substituents is 1. The highest BCUT2D eigenvalue weighted by Crippen LogP contribution is 2.43. The number of H-pyrrole nitrogens is 1. The number of aromatic amines is 1. The number of benzene rings is 2. The smallest absolute Gasteiger partial charge is 0.273 e. The number of fused-ring (bicyclic) bond motifs is 1. The predicted octanol–water partition coefficient (Wildman–Crippen LogP) is 3.82. The summed E-state index contributed by atoms with van der Waals surface area (Å²) in [6.45, 7) is 1.25. The van der Waals surface area contributed by atoms with Gasteiger partial charge < -0.3 is 9.47 Å². The highest BCUT2D eigenvalue weighted by molar-refractivity contribution is 6.00. The van der Waals surface area contributed by atoms with E-state index in [0.717, 1.165) is 35.3 Å². The van der Waals surface area contributed by atoms with E-state index in [2.05, 4.69) is 15.2 Å².